The van der Waals surface area contributed by atoms with Crippen molar-refractivity contribution in [3.63, 3.8) is 0 Å². The molecule has 1 saturated heterocycles. The van der Waals surface area contributed by atoms with Crippen molar-refractivity contribution in [3.8, 4) is 0 Å². The fourth-order valence-electron chi connectivity index (χ4n) is 4.64. The van der Waals surface area contributed by atoms with Crippen LogP contribution in [0.3, 0.4) is 0 Å². The third kappa shape index (κ3) is 4.32. The highest BCUT2D eigenvalue weighted by Gasteiger charge is 2.48. The maximum atomic E-state index is 12.7. The number of fused-ring (bicyclic) bond motifs is 1. The second-order valence-corrected chi connectivity index (χ2v) is 8.47. The maximum absolute atomic E-state index is 12.7. The molecular weight excluding hydrogens is 378 g/mol. The predicted molar refractivity (Wildman–Crippen MR) is 114 cm³/mol. The van der Waals surface area contributed by atoms with Gasteiger partial charge >= 0.3 is 0 Å². The van der Waals surface area contributed by atoms with E-state index < -0.39 is 6.10 Å². The van der Waals surface area contributed by atoms with Crippen molar-refractivity contribution in [2.24, 2.45) is 11.8 Å². The molecular formula is C25H29NO4. The lowest BCUT2D eigenvalue weighted by Crippen LogP contribution is -2.39. The van der Waals surface area contributed by atoms with Crippen molar-refractivity contribution in [2.75, 3.05) is 13.2 Å². The fourth-order valence-corrected chi connectivity index (χ4v) is 4.64. The molecule has 2 amide bonds. The van der Waals surface area contributed by atoms with Gasteiger partial charge in [0.25, 0.3) is 0 Å². The molecule has 2 aromatic carbocycles. The van der Waals surface area contributed by atoms with E-state index in [9.17, 15) is 14.7 Å². The average Bonchev–Trinajstić information content (AvgIpc) is 3.01. The van der Waals surface area contributed by atoms with Crippen molar-refractivity contribution in [2.45, 2.75) is 44.8 Å². The molecule has 1 N–H and O–H groups in total. The van der Waals surface area contributed by atoms with E-state index >= 15 is 0 Å². The van der Waals surface area contributed by atoms with Gasteiger partial charge in [-0.15, -0.1) is 0 Å². The van der Waals surface area contributed by atoms with E-state index in [1.54, 1.807) is 0 Å². The molecule has 5 nitrogen and oxygen atoms in total. The van der Waals surface area contributed by atoms with Crippen molar-refractivity contribution in [1.82, 2.24) is 4.90 Å². The van der Waals surface area contributed by atoms with Crippen LogP contribution in [0.2, 0.25) is 0 Å². The van der Waals surface area contributed by atoms with Crippen LogP contribution >= 0.6 is 0 Å². The number of ether oxygens (including phenoxy) is 1. The number of aliphatic hydroxyl groups is 1. The third-order valence-corrected chi connectivity index (χ3v) is 6.26. The number of benzene rings is 2. The highest BCUT2D eigenvalue weighted by Crippen LogP contribution is 2.38. The van der Waals surface area contributed by atoms with E-state index in [0.717, 1.165) is 42.4 Å². The Labute approximate surface area is 177 Å². The number of hydrogen-bond acceptors (Lipinski definition) is 4. The summed E-state index contributed by atoms with van der Waals surface area (Å²) in [5.41, 5.74) is 3.16. The molecule has 30 heavy (non-hydrogen) atoms. The highest BCUT2D eigenvalue weighted by atomic mass is 16.5. The number of carbonyl (C=O) groups excluding carboxylic acids is 2. The Hall–Kier alpha value is -2.50. The molecule has 2 aromatic rings. The lowest BCUT2D eigenvalue weighted by molar-refractivity contribution is -0.142. The zero-order chi connectivity index (χ0) is 21.1. The van der Waals surface area contributed by atoms with Gasteiger partial charge in [-0.3, -0.25) is 14.5 Å². The van der Waals surface area contributed by atoms with Crippen LogP contribution in [0.5, 0.6) is 0 Å². The predicted octanol–water partition coefficient (Wildman–Crippen LogP) is 3.64. The molecule has 1 aliphatic carbocycles. The highest BCUT2D eigenvalue weighted by molar-refractivity contribution is 6.05. The number of β-amino-alcohol motifs (C(OH)–C–C–N with tert-alkyl or cyclic N) is 1. The first-order valence-corrected chi connectivity index (χ1v) is 10.8. The zero-order valence-electron chi connectivity index (χ0n) is 17.4. The Morgan fingerprint density at radius 1 is 0.933 bits per heavy atom. The summed E-state index contributed by atoms with van der Waals surface area (Å²) >= 11 is 0. The SMILES string of the molecule is Cc1ccc([C@H](OC[C@H](O)CN2C(=O)[C@@H]3CCCC[C@H]3C2=O)c2ccccc2)cc1. The van der Waals surface area contributed by atoms with Gasteiger partial charge in [-0.2, -0.15) is 0 Å². The number of nitrogens with zero attached hydrogens (tertiary/aromatic N) is 1. The number of imide groups is 1. The second kappa shape index (κ2) is 9.11. The minimum Gasteiger partial charge on any atom is -0.389 e. The van der Waals surface area contributed by atoms with Crippen LogP contribution in [0.15, 0.2) is 54.6 Å². The number of aryl methyl sites for hydroxylation is 1. The van der Waals surface area contributed by atoms with Gasteiger partial charge in [-0.05, 0) is 30.9 Å². The molecule has 0 radical (unpaired) electrons. The Morgan fingerprint density at radius 2 is 1.50 bits per heavy atom. The fraction of sp³-hybridized carbons (Fsp3) is 0.440. The van der Waals surface area contributed by atoms with Crippen LogP contribution < -0.4 is 0 Å². The van der Waals surface area contributed by atoms with Gasteiger partial charge in [0.05, 0.1) is 31.1 Å². The van der Waals surface area contributed by atoms with Crippen LogP contribution in [0.25, 0.3) is 0 Å². The molecule has 0 aromatic heterocycles. The summed E-state index contributed by atoms with van der Waals surface area (Å²) in [6.45, 7) is 2.08. The number of carbonyl (C=O) groups is 2. The lowest BCUT2D eigenvalue weighted by atomic mass is 9.81. The quantitative estimate of drug-likeness (QED) is 0.712. The summed E-state index contributed by atoms with van der Waals surface area (Å²) in [5.74, 6) is -0.628. The van der Waals surface area contributed by atoms with Gasteiger partial charge in [-0.25, -0.2) is 0 Å². The summed E-state index contributed by atoms with van der Waals surface area (Å²) in [5, 5.41) is 10.6. The Balaban J connectivity index is 1.43. The standard InChI is InChI=1S/C25H29NO4/c1-17-11-13-19(14-12-17)23(18-7-3-2-4-8-18)30-16-20(27)15-26-24(28)21-9-5-6-10-22(21)25(26)29/h2-4,7-8,11-14,20-23,27H,5-6,9-10,15-16H2,1H3/t20-,21-,22-,23-/m1/s1. The maximum Gasteiger partial charge on any atom is 0.233 e. The minimum absolute atomic E-state index is 0.0000736. The van der Waals surface area contributed by atoms with Crippen LogP contribution in [-0.4, -0.2) is 41.1 Å². The van der Waals surface area contributed by atoms with Crippen molar-refractivity contribution in [1.29, 1.82) is 0 Å². The van der Waals surface area contributed by atoms with Crippen molar-refractivity contribution < 1.29 is 19.4 Å². The van der Waals surface area contributed by atoms with E-state index in [4.69, 9.17) is 4.74 Å². The van der Waals surface area contributed by atoms with E-state index in [-0.39, 0.29) is 42.9 Å². The van der Waals surface area contributed by atoms with Gasteiger partial charge < -0.3 is 9.84 Å². The van der Waals surface area contributed by atoms with Crippen molar-refractivity contribution >= 4 is 11.8 Å². The second-order valence-electron chi connectivity index (χ2n) is 8.47. The first kappa shape index (κ1) is 20.8. The van der Waals surface area contributed by atoms with E-state index in [1.807, 2.05) is 61.5 Å². The topological polar surface area (TPSA) is 66.8 Å². The zero-order valence-corrected chi connectivity index (χ0v) is 17.4. The lowest BCUT2D eigenvalue weighted by Gasteiger charge is -2.23. The van der Waals surface area contributed by atoms with Crippen LogP contribution in [0.1, 0.15) is 48.5 Å². The largest absolute Gasteiger partial charge is 0.389 e. The monoisotopic (exact) mass is 407 g/mol. The normalized spacial score (nSPS) is 23.3. The van der Waals surface area contributed by atoms with E-state index in [2.05, 4.69) is 0 Å². The van der Waals surface area contributed by atoms with Crippen molar-refractivity contribution in [3.05, 3.63) is 71.3 Å². The Kier molecular flexibility index (Phi) is 6.30. The van der Waals surface area contributed by atoms with Crippen LogP contribution in [0.4, 0.5) is 0 Å². The molecule has 2 aliphatic rings. The molecule has 158 valence electrons. The summed E-state index contributed by atoms with van der Waals surface area (Å²) < 4.78 is 6.12. The van der Waals surface area contributed by atoms with Gasteiger partial charge in [0.15, 0.2) is 0 Å². The Morgan fingerprint density at radius 3 is 2.10 bits per heavy atom. The number of aliphatic hydroxyl groups excluding tert-OH is 1. The summed E-state index contributed by atoms with van der Waals surface area (Å²) in [6.07, 6.45) is 2.30. The summed E-state index contributed by atoms with van der Waals surface area (Å²) in [4.78, 5) is 26.6. The van der Waals surface area contributed by atoms with Gasteiger partial charge in [0.1, 0.15) is 6.10 Å². The molecule has 4 atom stereocenters. The van der Waals surface area contributed by atoms with Crippen LogP contribution in [0, 0.1) is 18.8 Å². The summed E-state index contributed by atoms with van der Waals surface area (Å²) in [7, 11) is 0. The first-order chi connectivity index (χ1) is 14.5. The molecule has 0 unspecified atom stereocenters. The van der Waals surface area contributed by atoms with Crippen LogP contribution in [-0.2, 0) is 14.3 Å². The molecule has 5 heteroatoms. The number of rotatable bonds is 7. The molecule has 1 heterocycles. The first-order valence-electron chi connectivity index (χ1n) is 10.8. The molecule has 0 bridgehead atoms. The average molecular weight is 408 g/mol. The van der Waals surface area contributed by atoms with Gasteiger partial charge in [0.2, 0.25) is 11.8 Å². The smallest absolute Gasteiger partial charge is 0.233 e. The molecule has 2 fully saturated rings. The molecule has 1 saturated carbocycles. The van der Waals surface area contributed by atoms with Gasteiger partial charge in [0, 0.05) is 0 Å². The molecule has 1 aliphatic heterocycles. The summed E-state index contributed by atoms with van der Waals surface area (Å²) in [6, 6.07) is 18.0. The minimum atomic E-state index is -0.922. The number of likely N-dealkylation sites (tertiary alicyclic amines) is 1. The molecule has 4 rings (SSSR count). The van der Waals surface area contributed by atoms with E-state index in [0.29, 0.717) is 0 Å². The number of amides is 2. The number of hydrogen-bond donors (Lipinski definition) is 1. The Bertz CT molecular complexity index is 856. The van der Waals surface area contributed by atoms with Gasteiger partial charge in [-0.1, -0.05) is 73.0 Å². The molecule has 0 spiro atoms. The third-order valence-electron chi connectivity index (χ3n) is 6.26. The van der Waals surface area contributed by atoms with E-state index in [1.165, 1.54) is 4.90 Å².